The Bertz CT molecular complexity index is 603. The summed E-state index contributed by atoms with van der Waals surface area (Å²) in [6, 6.07) is 12.7. The predicted octanol–water partition coefficient (Wildman–Crippen LogP) is 4.96. The highest BCUT2D eigenvalue weighted by Crippen LogP contribution is 2.21. The molecular weight excluding hydrogens is 428 g/mol. The number of carbonyl (C=O) groups excluding carboxylic acids is 1. The second kappa shape index (κ2) is 6.04. The van der Waals surface area contributed by atoms with E-state index < -0.39 is 0 Å². The Kier molecular flexibility index (Phi) is 4.64. The number of rotatable bonds is 2. The largest absolute Gasteiger partial charge is 0.322 e. The van der Waals surface area contributed by atoms with Gasteiger partial charge in [-0.3, -0.25) is 4.79 Å². The van der Waals surface area contributed by atoms with Crippen molar-refractivity contribution in [2.75, 3.05) is 5.32 Å². The zero-order valence-electron chi connectivity index (χ0n) is 9.08. The molecule has 2 aromatic rings. The molecule has 1 amide bonds. The average molecular weight is 436 g/mol. The molecule has 0 aromatic heterocycles. The van der Waals surface area contributed by atoms with Crippen LogP contribution in [-0.4, -0.2) is 5.91 Å². The Hall–Kier alpha value is -0.590. The number of amides is 1. The maximum absolute atomic E-state index is 12.1. The van der Waals surface area contributed by atoms with Crippen LogP contribution >= 0.6 is 50.1 Å². The Morgan fingerprint density at radius 1 is 1.22 bits per heavy atom. The Morgan fingerprint density at radius 2 is 2.00 bits per heavy atom. The Balaban J connectivity index is 2.24. The fourth-order valence-electron chi connectivity index (χ4n) is 1.44. The van der Waals surface area contributed by atoms with Crippen molar-refractivity contribution in [3.8, 4) is 0 Å². The first-order valence-electron chi connectivity index (χ1n) is 5.08. The summed E-state index contributed by atoms with van der Waals surface area (Å²) in [5.41, 5.74) is 1.31. The molecule has 0 saturated heterocycles. The van der Waals surface area contributed by atoms with E-state index in [9.17, 15) is 4.79 Å². The van der Waals surface area contributed by atoms with Crippen molar-refractivity contribution in [1.29, 1.82) is 0 Å². The van der Waals surface area contributed by atoms with Crippen molar-refractivity contribution < 1.29 is 4.79 Å². The van der Waals surface area contributed by atoms with Crippen LogP contribution in [-0.2, 0) is 0 Å². The van der Waals surface area contributed by atoms with E-state index in [-0.39, 0.29) is 5.91 Å². The minimum absolute atomic E-state index is 0.150. The average Bonchev–Trinajstić information content (AvgIpc) is 2.32. The second-order valence-corrected chi connectivity index (χ2v) is 6.10. The van der Waals surface area contributed by atoms with Gasteiger partial charge in [-0.15, -0.1) is 0 Å². The number of nitrogens with one attached hydrogen (secondary N) is 1. The van der Waals surface area contributed by atoms with Gasteiger partial charge >= 0.3 is 0 Å². The molecule has 2 rings (SSSR count). The van der Waals surface area contributed by atoms with Gasteiger partial charge in [-0.05, 0) is 59.0 Å². The third kappa shape index (κ3) is 3.46. The summed E-state index contributed by atoms with van der Waals surface area (Å²) in [7, 11) is 0. The van der Waals surface area contributed by atoms with Gasteiger partial charge in [-0.2, -0.15) is 0 Å². The first kappa shape index (κ1) is 13.8. The highest BCUT2D eigenvalue weighted by molar-refractivity contribution is 14.1. The predicted molar refractivity (Wildman–Crippen MR) is 86.3 cm³/mol. The summed E-state index contributed by atoms with van der Waals surface area (Å²) in [6.45, 7) is 0. The fourth-order valence-corrected chi connectivity index (χ4v) is 2.57. The lowest BCUT2D eigenvalue weighted by Crippen LogP contribution is -2.13. The van der Waals surface area contributed by atoms with Crippen molar-refractivity contribution in [3.05, 3.63) is 61.1 Å². The third-order valence-corrected chi connectivity index (χ3v) is 3.92. The normalized spacial score (nSPS) is 10.2. The van der Waals surface area contributed by atoms with E-state index in [4.69, 9.17) is 11.6 Å². The standard InChI is InChI=1S/C13H8BrClINO/c14-8-4-5-12(16)11(6-8)13(18)17-10-3-1-2-9(15)7-10/h1-7H,(H,17,18). The van der Waals surface area contributed by atoms with Crippen molar-refractivity contribution in [2.45, 2.75) is 0 Å². The molecule has 0 spiro atoms. The summed E-state index contributed by atoms with van der Waals surface area (Å²) in [4.78, 5) is 12.1. The minimum Gasteiger partial charge on any atom is -0.322 e. The first-order valence-corrected chi connectivity index (χ1v) is 7.33. The van der Waals surface area contributed by atoms with Crippen LogP contribution in [0.3, 0.4) is 0 Å². The summed E-state index contributed by atoms with van der Waals surface area (Å²) < 4.78 is 1.77. The SMILES string of the molecule is O=C(Nc1cccc(Cl)c1)c1cc(Br)ccc1I. The van der Waals surface area contributed by atoms with Crippen LogP contribution in [0.2, 0.25) is 5.02 Å². The Morgan fingerprint density at radius 3 is 2.72 bits per heavy atom. The van der Waals surface area contributed by atoms with Crippen LogP contribution < -0.4 is 5.32 Å². The van der Waals surface area contributed by atoms with Gasteiger partial charge in [-0.1, -0.05) is 33.6 Å². The van der Waals surface area contributed by atoms with Gasteiger partial charge in [0, 0.05) is 18.8 Å². The molecule has 0 fully saturated rings. The highest BCUT2D eigenvalue weighted by atomic mass is 127. The molecule has 0 radical (unpaired) electrons. The molecular formula is C13H8BrClINO. The number of hydrogen-bond acceptors (Lipinski definition) is 1. The van der Waals surface area contributed by atoms with Crippen LogP contribution in [0, 0.1) is 3.57 Å². The number of hydrogen-bond donors (Lipinski definition) is 1. The monoisotopic (exact) mass is 435 g/mol. The van der Waals surface area contributed by atoms with Crippen LogP contribution in [0.15, 0.2) is 46.9 Å². The van der Waals surface area contributed by atoms with Crippen LogP contribution in [0.4, 0.5) is 5.69 Å². The summed E-state index contributed by atoms with van der Waals surface area (Å²) in [5.74, 6) is -0.150. The zero-order valence-corrected chi connectivity index (χ0v) is 13.6. The van der Waals surface area contributed by atoms with Gasteiger partial charge in [-0.25, -0.2) is 0 Å². The van der Waals surface area contributed by atoms with E-state index in [0.717, 1.165) is 8.04 Å². The summed E-state index contributed by atoms with van der Waals surface area (Å²) >= 11 is 11.4. The first-order chi connectivity index (χ1) is 8.56. The molecule has 0 aliphatic heterocycles. The van der Waals surface area contributed by atoms with Gasteiger partial charge in [0.2, 0.25) is 0 Å². The maximum Gasteiger partial charge on any atom is 0.256 e. The van der Waals surface area contributed by atoms with Gasteiger partial charge in [0.25, 0.3) is 5.91 Å². The molecule has 0 bridgehead atoms. The number of halogens is 3. The van der Waals surface area contributed by atoms with E-state index >= 15 is 0 Å². The molecule has 0 unspecified atom stereocenters. The lowest BCUT2D eigenvalue weighted by atomic mass is 10.2. The lowest BCUT2D eigenvalue weighted by molar-refractivity contribution is 0.102. The van der Waals surface area contributed by atoms with Crippen LogP contribution in [0.5, 0.6) is 0 Å². The molecule has 2 nitrogen and oxygen atoms in total. The highest BCUT2D eigenvalue weighted by Gasteiger charge is 2.10. The molecule has 2 aromatic carbocycles. The van der Waals surface area contributed by atoms with E-state index in [1.807, 2.05) is 12.1 Å². The van der Waals surface area contributed by atoms with Crippen LogP contribution in [0.25, 0.3) is 0 Å². The third-order valence-electron chi connectivity index (χ3n) is 2.26. The second-order valence-electron chi connectivity index (χ2n) is 3.59. The molecule has 0 aliphatic carbocycles. The summed E-state index contributed by atoms with van der Waals surface area (Å²) in [5, 5.41) is 3.41. The molecule has 0 saturated carbocycles. The molecule has 0 heterocycles. The van der Waals surface area contributed by atoms with E-state index in [2.05, 4.69) is 43.8 Å². The maximum atomic E-state index is 12.1. The number of anilines is 1. The van der Waals surface area contributed by atoms with E-state index in [1.165, 1.54) is 0 Å². The topological polar surface area (TPSA) is 29.1 Å². The molecule has 18 heavy (non-hydrogen) atoms. The number of carbonyl (C=O) groups is 1. The van der Waals surface area contributed by atoms with Gasteiger partial charge in [0.05, 0.1) is 5.56 Å². The van der Waals surface area contributed by atoms with Crippen molar-refractivity contribution >= 4 is 61.7 Å². The molecule has 92 valence electrons. The lowest BCUT2D eigenvalue weighted by Gasteiger charge is -2.07. The van der Waals surface area contributed by atoms with Crippen molar-refractivity contribution in [1.82, 2.24) is 0 Å². The van der Waals surface area contributed by atoms with E-state index in [0.29, 0.717) is 16.3 Å². The molecule has 0 atom stereocenters. The van der Waals surface area contributed by atoms with Gasteiger partial charge < -0.3 is 5.32 Å². The molecule has 5 heteroatoms. The number of benzene rings is 2. The van der Waals surface area contributed by atoms with Gasteiger partial charge in [0.15, 0.2) is 0 Å². The minimum atomic E-state index is -0.150. The molecule has 1 N–H and O–H groups in total. The molecule has 0 aliphatic rings. The summed E-state index contributed by atoms with van der Waals surface area (Å²) in [6.07, 6.45) is 0. The van der Waals surface area contributed by atoms with E-state index in [1.54, 1.807) is 30.3 Å². The van der Waals surface area contributed by atoms with Gasteiger partial charge in [0.1, 0.15) is 0 Å². The zero-order chi connectivity index (χ0) is 13.1. The quantitative estimate of drug-likeness (QED) is 0.663. The van der Waals surface area contributed by atoms with Crippen LogP contribution in [0.1, 0.15) is 10.4 Å². The smallest absolute Gasteiger partial charge is 0.256 e. The van der Waals surface area contributed by atoms with Crippen molar-refractivity contribution in [3.63, 3.8) is 0 Å². The fraction of sp³-hybridized carbons (Fsp3) is 0. The Labute approximate surface area is 132 Å². The van der Waals surface area contributed by atoms with Crippen molar-refractivity contribution in [2.24, 2.45) is 0 Å².